The summed E-state index contributed by atoms with van der Waals surface area (Å²) in [5.41, 5.74) is -1.65. The minimum absolute atomic E-state index is 0.0340. The summed E-state index contributed by atoms with van der Waals surface area (Å²) < 4.78 is 47.7. The first-order valence-electron chi connectivity index (χ1n) is 18.2. The van der Waals surface area contributed by atoms with E-state index in [1.165, 1.54) is 0 Å². The lowest BCUT2D eigenvalue weighted by molar-refractivity contribution is -0.209. The summed E-state index contributed by atoms with van der Waals surface area (Å²) in [5, 5.41) is 9.02. The van der Waals surface area contributed by atoms with E-state index in [4.69, 9.17) is 32.5 Å². The summed E-state index contributed by atoms with van der Waals surface area (Å²) in [4.78, 5) is 10.8. The second kappa shape index (κ2) is 13.5. The van der Waals surface area contributed by atoms with E-state index in [1.54, 1.807) is 14.2 Å². The molecular formula is C36H67FN2O6Si4. The maximum absolute atomic E-state index is 19.4. The standard InChI is InChI=1S/C36H67FN2O6Si4/c1-25-20-27-28-22-30(43-47(9,10)11)29-21-26(38-40-4)18-19-33(29,2)35(28,37)32(44-48(12,13)14)23-34(27,3)36(25,45-49(15,16)17)31(39-41-5)24-42-46(6,7)8/h18-19,21,25,27-28,30,32H,20,22-24H2,1-17H3/t25-,27?,28?,30?,32?,33?,34?,35+,36+/m1/s1. The Balaban J connectivity index is 2.03. The molecule has 4 rings (SSSR count). The van der Waals surface area contributed by atoms with Crippen molar-refractivity contribution in [1.82, 2.24) is 0 Å². The SMILES string of the molecule is CON=C1C=CC2(C)C(=C1)C(O[Si](C)(C)C)CC1C3C[C@@H](C)[C@](O[Si](C)(C)C)(C(CO[Si](C)(C)C)=NOC)C3(C)CC(O[Si](C)(C)C)[C@@]12F. The molecule has 4 aliphatic carbocycles. The van der Waals surface area contributed by atoms with Crippen LogP contribution in [-0.2, 0) is 27.4 Å². The molecule has 3 fully saturated rings. The number of nitrogens with zero attached hydrogens (tertiary/aromatic N) is 2. The normalized spacial score (nSPS) is 39.3. The second-order valence-corrected chi connectivity index (χ2v) is 37.2. The van der Waals surface area contributed by atoms with Crippen LogP contribution < -0.4 is 0 Å². The number of fused-ring (bicyclic) bond motifs is 5. The van der Waals surface area contributed by atoms with Crippen LogP contribution in [0.4, 0.5) is 4.39 Å². The molecule has 8 nitrogen and oxygen atoms in total. The van der Waals surface area contributed by atoms with E-state index < -0.39 is 61.5 Å². The molecule has 6 unspecified atom stereocenters. The monoisotopic (exact) mass is 754 g/mol. The minimum atomic E-state index is -2.27. The van der Waals surface area contributed by atoms with Gasteiger partial charge in [0.05, 0.1) is 18.8 Å². The highest BCUT2D eigenvalue weighted by Crippen LogP contribution is 2.72. The fraction of sp³-hybridized carbons (Fsp3) is 0.833. The van der Waals surface area contributed by atoms with Gasteiger partial charge in [0, 0.05) is 16.7 Å². The number of allylic oxidation sites excluding steroid dienone is 3. The average molecular weight is 755 g/mol. The number of alkyl halides is 1. The Morgan fingerprint density at radius 2 is 1.45 bits per heavy atom. The number of hydrogen-bond acceptors (Lipinski definition) is 8. The van der Waals surface area contributed by atoms with Crippen molar-refractivity contribution in [3.8, 4) is 0 Å². The molecule has 0 spiro atoms. The van der Waals surface area contributed by atoms with Crippen LogP contribution in [0.2, 0.25) is 78.6 Å². The van der Waals surface area contributed by atoms with Crippen LogP contribution in [-0.4, -0.2) is 89.0 Å². The lowest BCUT2D eigenvalue weighted by atomic mass is 9.44. The zero-order chi connectivity index (χ0) is 37.2. The number of hydrogen-bond donors (Lipinski definition) is 0. The van der Waals surface area contributed by atoms with Gasteiger partial charge in [0.15, 0.2) is 38.9 Å². The zero-order valence-corrected chi connectivity index (χ0v) is 37.7. The molecule has 9 atom stereocenters. The molecule has 0 aromatic rings. The van der Waals surface area contributed by atoms with E-state index in [-0.39, 0.29) is 23.9 Å². The highest BCUT2D eigenvalue weighted by Gasteiger charge is 2.77. The van der Waals surface area contributed by atoms with Crippen LogP contribution in [0.25, 0.3) is 0 Å². The molecule has 3 saturated carbocycles. The summed E-state index contributed by atoms with van der Waals surface area (Å²) >= 11 is 0. The van der Waals surface area contributed by atoms with Crippen LogP contribution in [0.5, 0.6) is 0 Å². The molecular weight excluding hydrogens is 688 g/mol. The van der Waals surface area contributed by atoms with E-state index in [2.05, 4.69) is 104 Å². The van der Waals surface area contributed by atoms with E-state index in [9.17, 15) is 0 Å². The average Bonchev–Trinajstić information content (AvgIpc) is 3.12. The Morgan fingerprint density at radius 1 is 0.837 bits per heavy atom. The van der Waals surface area contributed by atoms with Crippen molar-refractivity contribution >= 4 is 44.7 Å². The van der Waals surface area contributed by atoms with Crippen molar-refractivity contribution < 1.29 is 31.8 Å². The van der Waals surface area contributed by atoms with Crippen molar-refractivity contribution in [3.63, 3.8) is 0 Å². The van der Waals surface area contributed by atoms with Gasteiger partial charge >= 0.3 is 0 Å². The second-order valence-electron chi connectivity index (χ2n) is 19.3. The Labute approximate surface area is 301 Å². The number of oxime groups is 2. The lowest BCUT2D eigenvalue weighted by Crippen LogP contribution is -2.73. The summed E-state index contributed by atoms with van der Waals surface area (Å²) in [7, 11) is -5.36. The Bertz CT molecular complexity index is 1360. The predicted molar refractivity (Wildman–Crippen MR) is 209 cm³/mol. The molecule has 0 amide bonds. The van der Waals surface area contributed by atoms with Gasteiger partial charge in [0.1, 0.15) is 31.2 Å². The van der Waals surface area contributed by atoms with E-state index in [0.29, 0.717) is 25.2 Å². The third-order valence-corrected chi connectivity index (χ3v) is 15.0. The molecule has 13 heteroatoms. The predicted octanol–water partition coefficient (Wildman–Crippen LogP) is 9.17. The summed E-state index contributed by atoms with van der Waals surface area (Å²) in [6, 6.07) is 0. The molecule has 0 radical (unpaired) electrons. The van der Waals surface area contributed by atoms with Gasteiger partial charge in [-0.2, -0.15) is 0 Å². The Kier molecular flexibility index (Phi) is 11.2. The summed E-state index contributed by atoms with van der Waals surface area (Å²) in [6.07, 6.45) is 6.84. The van der Waals surface area contributed by atoms with Crippen LogP contribution in [0.3, 0.4) is 0 Å². The molecule has 0 aromatic carbocycles. The largest absolute Gasteiger partial charge is 0.412 e. The van der Waals surface area contributed by atoms with Gasteiger partial charge < -0.3 is 27.4 Å². The smallest absolute Gasteiger partial charge is 0.185 e. The number of halogens is 1. The van der Waals surface area contributed by atoms with Crippen molar-refractivity contribution in [2.24, 2.45) is 38.9 Å². The van der Waals surface area contributed by atoms with E-state index >= 15 is 4.39 Å². The molecule has 0 aromatic heterocycles. The highest BCUT2D eigenvalue weighted by atomic mass is 28.4. The third kappa shape index (κ3) is 7.61. The van der Waals surface area contributed by atoms with Crippen molar-refractivity contribution in [3.05, 3.63) is 23.8 Å². The zero-order valence-electron chi connectivity index (χ0n) is 33.7. The maximum atomic E-state index is 19.4. The first kappa shape index (κ1) is 40.8. The van der Waals surface area contributed by atoms with Gasteiger partial charge in [-0.3, -0.25) is 0 Å². The van der Waals surface area contributed by atoms with Gasteiger partial charge in [0.25, 0.3) is 0 Å². The Morgan fingerprint density at radius 3 is 1.96 bits per heavy atom. The minimum Gasteiger partial charge on any atom is -0.412 e. The molecule has 0 aliphatic heterocycles. The van der Waals surface area contributed by atoms with Gasteiger partial charge in [-0.05, 0) is 134 Å². The van der Waals surface area contributed by atoms with Crippen molar-refractivity contribution in [1.29, 1.82) is 0 Å². The van der Waals surface area contributed by atoms with Crippen LogP contribution in [0.1, 0.15) is 40.0 Å². The fourth-order valence-electron chi connectivity index (χ4n) is 9.74. The highest BCUT2D eigenvalue weighted by molar-refractivity contribution is 6.71. The number of rotatable bonds is 12. The molecule has 0 bridgehead atoms. The lowest BCUT2D eigenvalue weighted by Gasteiger charge is -2.66. The maximum Gasteiger partial charge on any atom is 0.185 e. The summed E-state index contributed by atoms with van der Waals surface area (Å²) in [6.45, 7) is 33.4. The fourth-order valence-corrected chi connectivity index (χ4v) is 14.0. The van der Waals surface area contributed by atoms with Crippen molar-refractivity contribution in [2.75, 3.05) is 20.8 Å². The van der Waals surface area contributed by atoms with Crippen LogP contribution in [0.15, 0.2) is 34.1 Å². The van der Waals surface area contributed by atoms with Gasteiger partial charge in [0.2, 0.25) is 0 Å². The molecule has 0 heterocycles. The molecule has 49 heavy (non-hydrogen) atoms. The summed E-state index contributed by atoms with van der Waals surface area (Å²) in [5.74, 6) is -0.363. The first-order chi connectivity index (χ1) is 22.2. The van der Waals surface area contributed by atoms with Crippen LogP contribution in [0, 0.1) is 28.6 Å². The molecule has 0 saturated heterocycles. The van der Waals surface area contributed by atoms with Gasteiger partial charge in [-0.1, -0.05) is 30.2 Å². The van der Waals surface area contributed by atoms with Gasteiger partial charge in [-0.25, -0.2) is 4.39 Å². The van der Waals surface area contributed by atoms with E-state index in [1.807, 2.05) is 18.2 Å². The van der Waals surface area contributed by atoms with Crippen molar-refractivity contribution in [2.45, 2.75) is 142 Å². The molecule has 280 valence electrons. The topological polar surface area (TPSA) is 80.1 Å². The third-order valence-electron chi connectivity index (χ3n) is 11.1. The van der Waals surface area contributed by atoms with Crippen LogP contribution >= 0.6 is 0 Å². The quantitative estimate of drug-likeness (QED) is 0.112. The molecule has 0 N–H and O–H groups in total. The van der Waals surface area contributed by atoms with Gasteiger partial charge in [-0.15, -0.1) is 0 Å². The Hall–Kier alpha value is -0.942. The van der Waals surface area contributed by atoms with E-state index in [0.717, 1.165) is 17.7 Å². The molecule has 4 aliphatic rings. The first-order valence-corrected chi connectivity index (χ1v) is 31.8.